The molecular formula is C11H12FN5O5. The van der Waals surface area contributed by atoms with Gasteiger partial charge in [-0.2, -0.15) is 14.4 Å². The zero-order chi connectivity index (χ0) is 16.0. The Kier molecular flexibility index (Phi) is 3.39. The van der Waals surface area contributed by atoms with Gasteiger partial charge in [-0.05, 0) is 0 Å². The van der Waals surface area contributed by atoms with Crippen LogP contribution in [0.4, 0.5) is 10.2 Å². The smallest absolute Gasteiger partial charge is 0.312 e. The van der Waals surface area contributed by atoms with Gasteiger partial charge in [0.15, 0.2) is 23.2 Å². The van der Waals surface area contributed by atoms with Gasteiger partial charge >= 0.3 is 12.0 Å². The fourth-order valence-electron chi connectivity index (χ4n) is 2.22. The molecule has 0 saturated carbocycles. The molecule has 118 valence electrons. The van der Waals surface area contributed by atoms with E-state index in [0.29, 0.717) is 0 Å². The summed E-state index contributed by atoms with van der Waals surface area (Å²) in [7, 11) is 0. The molecule has 0 aromatic carbocycles. The highest BCUT2D eigenvalue weighted by Gasteiger charge is 2.46. The molecule has 2 aromatic heterocycles. The molecule has 4 N–H and O–H groups in total. The normalized spacial score (nSPS) is 28.2. The van der Waals surface area contributed by atoms with Crippen molar-refractivity contribution < 1.29 is 28.9 Å². The molecule has 3 heterocycles. The van der Waals surface area contributed by atoms with E-state index in [1.807, 2.05) is 0 Å². The number of rotatable bonds is 2. The first-order valence-corrected chi connectivity index (χ1v) is 6.23. The monoisotopic (exact) mass is 313 g/mol. The Bertz CT molecular complexity index is 737. The molecule has 0 radical (unpaired) electrons. The third-order valence-corrected chi connectivity index (χ3v) is 3.17. The van der Waals surface area contributed by atoms with Crippen LogP contribution in [0.15, 0.2) is 6.33 Å². The van der Waals surface area contributed by atoms with Gasteiger partial charge in [0.1, 0.15) is 12.2 Å². The third kappa shape index (κ3) is 2.24. The number of hydrogen-bond donors (Lipinski definition) is 3. The van der Waals surface area contributed by atoms with Gasteiger partial charge in [0.25, 0.3) is 0 Å². The van der Waals surface area contributed by atoms with E-state index in [4.69, 9.17) is 15.2 Å². The van der Waals surface area contributed by atoms with Gasteiger partial charge in [-0.1, -0.05) is 0 Å². The molecule has 22 heavy (non-hydrogen) atoms. The summed E-state index contributed by atoms with van der Waals surface area (Å²) in [6.45, 7) is 1.13. The number of hydrogen-bond acceptors (Lipinski definition) is 9. The SMILES string of the molecule is CC(=O)O[C@H]1O[C@@H](n2cnc3c(N)nc(F)nc32)[C@H](O)[C@@H]1O. The van der Waals surface area contributed by atoms with Gasteiger partial charge in [-0.25, -0.2) is 4.98 Å². The minimum atomic E-state index is -1.48. The second-order valence-electron chi connectivity index (χ2n) is 4.69. The number of nitrogens with zero attached hydrogens (tertiary/aromatic N) is 4. The number of imidazole rings is 1. The standard InChI is InChI=1S/C11H12FN5O5/c1-3(18)21-10-6(20)5(19)9(22-10)17-2-14-4-7(13)15-11(12)16-8(4)17/h2,5-6,9-10,19-20H,1H3,(H2,13,15,16)/t5-,6+,9-,10+/m1/s1. The molecule has 4 atom stereocenters. The Hall–Kier alpha value is -2.37. The number of aliphatic hydroxyl groups is 2. The van der Waals surface area contributed by atoms with E-state index in [9.17, 15) is 19.4 Å². The number of ether oxygens (including phenoxy) is 2. The summed E-state index contributed by atoms with van der Waals surface area (Å²) in [4.78, 5) is 21.7. The van der Waals surface area contributed by atoms with Crippen molar-refractivity contribution in [2.24, 2.45) is 0 Å². The zero-order valence-corrected chi connectivity index (χ0v) is 11.3. The maximum Gasteiger partial charge on any atom is 0.312 e. The lowest BCUT2D eigenvalue weighted by molar-refractivity contribution is -0.190. The lowest BCUT2D eigenvalue weighted by atomic mass is 10.2. The molecule has 0 bridgehead atoms. The third-order valence-electron chi connectivity index (χ3n) is 3.17. The number of carbonyl (C=O) groups is 1. The molecule has 10 nitrogen and oxygen atoms in total. The Morgan fingerprint density at radius 1 is 1.45 bits per heavy atom. The van der Waals surface area contributed by atoms with Crippen molar-refractivity contribution in [3.05, 3.63) is 12.4 Å². The van der Waals surface area contributed by atoms with Crippen LogP contribution >= 0.6 is 0 Å². The molecule has 1 saturated heterocycles. The Balaban J connectivity index is 1.99. The van der Waals surface area contributed by atoms with Crippen molar-refractivity contribution in [1.82, 2.24) is 19.5 Å². The van der Waals surface area contributed by atoms with Crippen molar-refractivity contribution in [3.8, 4) is 0 Å². The first-order chi connectivity index (χ1) is 10.4. The van der Waals surface area contributed by atoms with Crippen molar-refractivity contribution in [3.63, 3.8) is 0 Å². The van der Waals surface area contributed by atoms with Crippen LogP contribution in [-0.4, -0.2) is 54.2 Å². The molecule has 1 aliphatic rings. The largest absolute Gasteiger partial charge is 0.433 e. The maximum atomic E-state index is 13.3. The number of esters is 1. The van der Waals surface area contributed by atoms with Crippen molar-refractivity contribution in [1.29, 1.82) is 0 Å². The minimum Gasteiger partial charge on any atom is -0.433 e. The van der Waals surface area contributed by atoms with Crippen LogP contribution in [0.1, 0.15) is 13.2 Å². The molecule has 0 unspecified atom stereocenters. The van der Waals surface area contributed by atoms with E-state index < -0.39 is 36.8 Å². The fourth-order valence-corrected chi connectivity index (χ4v) is 2.22. The lowest BCUT2D eigenvalue weighted by Gasteiger charge is -2.15. The summed E-state index contributed by atoms with van der Waals surface area (Å²) < 4.78 is 24.5. The van der Waals surface area contributed by atoms with Crippen molar-refractivity contribution in [2.75, 3.05) is 5.73 Å². The number of fused-ring (bicyclic) bond motifs is 1. The summed E-state index contributed by atoms with van der Waals surface area (Å²) >= 11 is 0. The van der Waals surface area contributed by atoms with Crippen LogP contribution in [0.5, 0.6) is 0 Å². The van der Waals surface area contributed by atoms with Gasteiger partial charge in [-0.3, -0.25) is 9.36 Å². The van der Waals surface area contributed by atoms with Crippen LogP contribution in [0, 0.1) is 6.08 Å². The predicted octanol–water partition coefficient (Wildman–Crippen LogP) is -1.31. The predicted molar refractivity (Wildman–Crippen MR) is 67.4 cm³/mol. The van der Waals surface area contributed by atoms with Gasteiger partial charge in [-0.15, -0.1) is 0 Å². The van der Waals surface area contributed by atoms with E-state index in [1.54, 1.807) is 0 Å². The summed E-state index contributed by atoms with van der Waals surface area (Å²) in [6.07, 6.45) is -5.34. The molecule has 11 heteroatoms. The second kappa shape index (κ2) is 5.12. The van der Waals surface area contributed by atoms with Gasteiger partial charge in [0.05, 0.1) is 6.33 Å². The number of halogens is 1. The number of aliphatic hydroxyl groups excluding tert-OH is 2. The van der Waals surface area contributed by atoms with Crippen LogP contribution in [0.3, 0.4) is 0 Å². The van der Waals surface area contributed by atoms with E-state index in [-0.39, 0.29) is 17.0 Å². The second-order valence-corrected chi connectivity index (χ2v) is 4.69. The average Bonchev–Trinajstić information content (AvgIpc) is 2.95. The molecule has 0 spiro atoms. The van der Waals surface area contributed by atoms with Gasteiger partial charge in [0.2, 0.25) is 6.29 Å². The highest BCUT2D eigenvalue weighted by atomic mass is 19.1. The first kappa shape index (κ1) is 14.6. The highest BCUT2D eigenvalue weighted by molar-refractivity contribution is 5.81. The van der Waals surface area contributed by atoms with E-state index in [1.165, 1.54) is 10.9 Å². The summed E-state index contributed by atoms with van der Waals surface area (Å²) in [5.41, 5.74) is 5.63. The van der Waals surface area contributed by atoms with Crippen LogP contribution in [-0.2, 0) is 14.3 Å². The molecule has 1 aliphatic heterocycles. The molecule has 1 fully saturated rings. The summed E-state index contributed by atoms with van der Waals surface area (Å²) in [6, 6.07) is 0. The van der Waals surface area contributed by atoms with Gasteiger partial charge in [0, 0.05) is 6.92 Å². The maximum absolute atomic E-state index is 13.3. The Labute approximate surface area is 122 Å². The molecule has 3 rings (SSSR count). The Morgan fingerprint density at radius 2 is 2.18 bits per heavy atom. The van der Waals surface area contributed by atoms with Crippen LogP contribution < -0.4 is 5.73 Å². The van der Waals surface area contributed by atoms with Crippen molar-refractivity contribution >= 4 is 23.0 Å². The van der Waals surface area contributed by atoms with Crippen molar-refractivity contribution in [2.45, 2.75) is 31.6 Å². The lowest BCUT2D eigenvalue weighted by Crippen LogP contribution is -2.33. The quantitative estimate of drug-likeness (QED) is 0.454. The molecule has 0 amide bonds. The van der Waals surface area contributed by atoms with E-state index in [0.717, 1.165) is 6.92 Å². The average molecular weight is 313 g/mol. The fraction of sp³-hybridized carbons (Fsp3) is 0.455. The van der Waals surface area contributed by atoms with E-state index >= 15 is 0 Å². The summed E-state index contributed by atoms with van der Waals surface area (Å²) in [5, 5.41) is 19.9. The summed E-state index contributed by atoms with van der Waals surface area (Å²) in [5.74, 6) is -0.865. The van der Waals surface area contributed by atoms with Crippen LogP contribution in [0.2, 0.25) is 0 Å². The highest BCUT2D eigenvalue weighted by Crippen LogP contribution is 2.32. The van der Waals surface area contributed by atoms with E-state index in [2.05, 4.69) is 15.0 Å². The number of anilines is 1. The topological polar surface area (TPSA) is 146 Å². The minimum absolute atomic E-state index is 0.0234. The number of aromatic nitrogens is 4. The number of carbonyl (C=O) groups excluding carboxylic acids is 1. The zero-order valence-electron chi connectivity index (χ0n) is 11.3. The number of nitrogen functional groups attached to an aromatic ring is 1. The Morgan fingerprint density at radius 3 is 2.86 bits per heavy atom. The van der Waals surface area contributed by atoms with Gasteiger partial charge < -0.3 is 25.4 Å². The molecular weight excluding hydrogens is 301 g/mol. The molecule has 2 aromatic rings. The first-order valence-electron chi connectivity index (χ1n) is 6.23. The van der Waals surface area contributed by atoms with Crippen LogP contribution in [0.25, 0.3) is 11.2 Å². The molecule has 0 aliphatic carbocycles. The number of nitrogens with two attached hydrogens (primary N) is 1.